The molecule has 0 radical (unpaired) electrons. The van der Waals surface area contributed by atoms with Crippen molar-refractivity contribution in [3.05, 3.63) is 65.2 Å². The van der Waals surface area contributed by atoms with E-state index in [9.17, 15) is 9.59 Å². The van der Waals surface area contributed by atoms with E-state index in [-0.39, 0.29) is 11.8 Å². The molecule has 1 fully saturated rings. The van der Waals surface area contributed by atoms with Crippen LogP contribution in [0.2, 0.25) is 5.02 Å². The van der Waals surface area contributed by atoms with Crippen molar-refractivity contribution in [2.24, 2.45) is 0 Å². The Morgan fingerprint density at radius 2 is 1.62 bits per heavy atom. The molecule has 0 bridgehead atoms. The van der Waals surface area contributed by atoms with Crippen LogP contribution in [-0.2, 0) is 4.79 Å². The molecule has 2 aromatic rings. The molecule has 1 heterocycles. The van der Waals surface area contributed by atoms with Gasteiger partial charge in [0.05, 0.1) is 0 Å². The Balaban J connectivity index is 1.54. The van der Waals surface area contributed by atoms with Crippen LogP contribution in [-0.4, -0.2) is 53.9 Å². The summed E-state index contributed by atoms with van der Waals surface area (Å²) in [5.41, 5.74) is 0.671. The Morgan fingerprint density at radius 3 is 2.27 bits per heavy atom. The molecule has 0 N–H and O–H groups in total. The molecule has 1 aliphatic heterocycles. The summed E-state index contributed by atoms with van der Waals surface area (Å²) in [6.45, 7) is 3.76. The zero-order valence-corrected chi connectivity index (χ0v) is 15.4. The largest absolute Gasteiger partial charge is 0.481 e. The van der Waals surface area contributed by atoms with Crippen molar-refractivity contribution in [2.75, 3.05) is 26.2 Å². The average Bonchev–Trinajstić information content (AvgIpc) is 2.67. The number of benzene rings is 2. The minimum atomic E-state index is -0.607. The van der Waals surface area contributed by atoms with E-state index in [1.54, 1.807) is 53.1 Å². The molecule has 26 heavy (non-hydrogen) atoms. The first kappa shape index (κ1) is 18.3. The van der Waals surface area contributed by atoms with Gasteiger partial charge in [0.2, 0.25) is 0 Å². The van der Waals surface area contributed by atoms with Crippen molar-refractivity contribution in [2.45, 2.75) is 13.0 Å². The number of rotatable bonds is 4. The third-order valence-electron chi connectivity index (χ3n) is 4.36. The number of carbonyl (C=O) groups is 2. The minimum Gasteiger partial charge on any atom is -0.481 e. The van der Waals surface area contributed by atoms with Gasteiger partial charge >= 0.3 is 0 Å². The fourth-order valence-corrected chi connectivity index (χ4v) is 3.13. The third kappa shape index (κ3) is 4.35. The van der Waals surface area contributed by atoms with Crippen LogP contribution < -0.4 is 4.74 Å². The number of halogens is 1. The van der Waals surface area contributed by atoms with Crippen molar-refractivity contribution >= 4 is 23.4 Å². The molecule has 6 heteroatoms. The second-order valence-electron chi connectivity index (χ2n) is 6.20. The first-order valence-electron chi connectivity index (χ1n) is 8.60. The number of hydrogen-bond donors (Lipinski definition) is 0. The van der Waals surface area contributed by atoms with Gasteiger partial charge in [0.1, 0.15) is 5.75 Å². The van der Waals surface area contributed by atoms with Gasteiger partial charge in [-0.25, -0.2) is 0 Å². The fraction of sp³-hybridized carbons (Fsp3) is 0.300. The highest BCUT2D eigenvalue weighted by atomic mass is 35.5. The predicted molar refractivity (Wildman–Crippen MR) is 100 cm³/mol. The van der Waals surface area contributed by atoms with Gasteiger partial charge in [0.25, 0.3) is 11.8 Å². The maximum Gasteiger partial charge on any atom is 0.263 e. The van der Waals surface area contributed by atoms with Gasteiger partial charge in [-0.05, 0) is 37.3 Å². The van der Waals surface area contributed by atoms with E-state index in [1.165, 1.54) is 0 Å². The lowest BCUT2D eigenvalue weighted by Crippen LogP contribution is -2.53. The highest BCUT2D eigenvalue weighted by Crippen LogP contribution is 2.19. The van der Waals surface area contributed by atoms with E-state index in [1.807, 2.05) is 18.2 Å². The van der Waals surface area contributed by atoms with Crippen LogP contribution in [0.25, 0.3) is 0 Å². The summed E-state index contributed by atoms with van der Waals surface area (Å²) < 4.78 is 5.70. The van der Waals surface area contributed by atoms with Gasteiger partial charge in [0, 0.05) is 36.8 Å². The van der Waals surface area contributed by atoms with Gasteiger partial charge in [-0.2, -0.15) is 0 Å². The summed E-state index contributed by atoms with van der Waals surface area (Å²) in [6.07, 6.45) is -0.607. The summed E-state index contributed by atoms with van der Waals surface area (Å²) in [7, 11) is 0. The zero-order valence-electron chi connectivity index (χ0n) is 14.6. The first-order valence-corrected chi connectivity index (χ1v) is 8.98. The first-order chi connectivity index (χ1) is 12.5. The quantitative estimate of drug-likeness (QED) is 0.828. The fourth-order valence-electron chi connectivity index (χ4n) is 2.95. The van der Waals surface area contributed by atoms with Gasteiger partial charge < -0.3 is 14.5 Å². The van der Waals surface area contributed by atoms with E-state index in [2.05, 4.69) is 0 Å². The summed E-state index contributed by atoms with van der Waals surface area (Å²) in [5.74, 6) is 0.481. The Kier molecular flexibility index (Phi) is 5.78. The molecule has 2 aromatic carbocycles. The number of nitrogens with zero attached hydrogens (tertiary/aromatic N) is 2. The van der Waals surface area contributed by atoms with Crippen molar-refractivity contribution < 1.29 is 14.3 Å². The molecule has 136 valence electrons. The Bertz CT molecular complexity index is 774. The monoisotopic (exact) mass is 372 g/mol. The Morgan fingerprint density at radius 1 is 0.962 bits per heavy atom. The van der Waals surface area contributed by atoms with E-state index in [4.69, 9.17) is 16.3 Å². The van der Waals surface area contributed by atoms with Crippen LogP contribution in [0.3, 0.4) is 0 Å². The maximum atomic E-state index is 12.6. The lowest BCUT2D eigenvalue weighted by Gasteiger charge is -2.36. The van der Waals surface area contributed by atoms with Crippen molar-refractivity contribution in [1.82, 2.24) is 9.80 Å². The van der Waals surface area contributed by atoms with Crippen molar-refractivity contribution in [3.63, 3.8) is 0 Å². The molecular weight excluding hydrogens is 352 g/mol. The lowest BCUT2D eigenvalue weighted by atomic mass is 10.2. The SMILES string of the molecule is CC(Oc1cccc(Cl)c1)C(=O)N1CCN(C(=O)c2ccccc2)CC1. The average molecular weight is 373 g/mol. The summed E-state index contributed by atoms with van der Waals surface area (Å²) >= 11 is 5.94. The molecular formula is C20H21ClN2O3. The third-order valence-corrected chi connectivity index (χ3v) is 4.59. The highest BCUT2D eigenvalue weighted by Gasteiger charge is 2.28. The zero-order chi connectivity index (χ0) is 18.5. The van der Waals surface area contributed by atoms with Crippen LogP contribution in [0.5, 0.6) is 5.75 Å². The van der Waals surface area contributed by atoms with E-state index < -0.39 is 6.10 Å². The summed E-state index contributed by atoms with van der Waals surface area (Å²) in [4.78, 5) is 28.6. The van der Waals surface area contributed by atoms with Gasteiger partial charge in [-0.3, -0.25) is 9.59 Å². The van der Waals surface area contributed by atoms with Crippen molar-refractivity contribution in [1.29, 1.82) is 0 Å². The lowest BCUT2D eigenvalue weighted by molar-refractivity contribution is -0.139. The number of hydrogen-bond acceptors (Lipinski definition) is 3. The highest BCUT2D eigenvalue weighted by molar-refractivity contribution is 6.30. The molecule has 1 atom stereocenters. The topological polar surface area (TPSA) is 49.9 Å². The van der Waals surface area contributed by atoms with Crippen LogP contribution in [0.15, 0.2) is 54.6 Å². The molecule has 1 saturated heterocycles. The second kappa shape index (κ2) is 8.23. The molecule has 1 unspecified atom stereocenters. The Hall–Kier alpha value is -2.53. The molecule has 3 rings (SSSR count). The van der Waals surface area contributed by atoms with E-state index in [0.717, 1.165) is 0 Å². The molecule has 0 aliphatic carbocycles. The number of carbonyl (C=O) groups excluding carboxylic acids is 2. The normalized spacial score (nSPS) is 15.5. The van der Waals surface area contributed by atoms with Crippen LogP contribution in [0.1, 0.15) is 17.3 Å². The summed E-state index contributed by atoms with van der Waals surface area (Å²) in [6, 6.07) is 16.2. The second-order valence-corrected chi connectivity index (χ2v) is 6.64. The number of piperazine rings is 1. The molecule has 0 aromatic heterocycles. The van der Waals surface area contributed by atoms with Crippen molar-refractivity contribution in [3.8, 4) is 5.75 Å². The minimum absolute atomic E-state index is 0.000856. The molecule has 0 spiro atoms. The smallest absolute Gasteiger partial charge is 0.263 e. The van der Waals surface area contributed by atoms with Gasteiger partial charge in [-0.1, -0.05) is 35.9 Å². The van der Waals surface area contributed by atoms with Gasteiger partial charge in [-0.15, -0.1) is 0 Å². The maximum absolute atomic E-state index is 12.6. The van der Waals surface area contributed by atoms with Crippen LogP contribution in [0, 0.1) is 0 Å². The number of ether oxygens (including phenoxy) is 1. The predicted octanol–water partition coefficient (Wildman–Crippen LogP) is 3.09. The summed E-state index contributed by atoms with van der Waals surface area (Å²) in [5, 5.41) is 0.565. The number of amides is 2. The van der Waals surface area contributed by atoms with E-state index >= 15 is 0 Å². The Labute approximate surface area is 158 Å². The standard InChI is InChI=1S/C20H21ClN2O3/c1-15(26-18-9-5-8-17(21)14-18)19(24)22-10-12-23(13-11-22)20(25)16-6-3-2-4-7-16/h2-9,14-15H,10-13H2,1H3. The van der Waals surface area contributed by atoms with E-state index in [0.29, 0.717) is 42.5 Å². The van der Waals surface area contributed by atoms with Crippen LogP contribution in [0.4, 0.5) is 0 Å². The van der Waals surface area contributed by atoms with Gasteiger partial charge in [0.15, 0.2) is 6.10 Å². The molecule has 0 saturated carbocycles. The molecule has 5 nitrogen and oxygen atoms in total. The van der Waals surface area contributed by atoms with Crippen LogP contribution >= 0.6 is 11.6 Å². The molecule has 1 aliphatic rings. The molecule has 2 amide bonds.